The molecule has 0 aliphatic heterocycles. The molecule has 0 atom stereocenters. The Bertz CT molecular complexity index is 557. The zero-order chi connectivity index (χ0) is 11.0. The van der Waals surface area contributed by atoms with Crippen LogP contribution in [0.3, 0.4) is 0 Å². The van der Waals surface area contributed by atoms with Crippen molar-refractivity contribution in [2.45, 2.75) is 6.92 Å². The number of nitrogens with zero attached hydrogens (tertiary/aromatic N) is 2. The largest absolute Gasteiger partial charge is 0.437 e. The molecule has 78 valence electrons. The van der Waals surface area contributed by atoms with Crippen LogP contribution in [0.1, 0.15) is 5.56 Å². The normalized spacial score (nSPS) is 10.6. The molecule has 0 amide bonds. The molecule has 0 bridgehead atoms. The summed E-state index contributed by atoms with van der Waals surface area (Å²) in [5, 5.41) is 4.00. The van der Waals surface area contributed by atoms with E-state index in [1.807, 2.05) is 25.1 Å². The number of hydrogen-bond donors (Lipinski definition) is 0. The van der Waals surface area contributed by atoms with E-state index in [9.17, 15) is 4.79 Å². The van der Waals surface area contributed by atoms with Crippen LogP contribution >= 0.6 is 15.9 Å². The van der Waals surface area contributed by atoms with Crippen molar-refractivity contribution in [3.63, 3.8) is 0 Å². The average Bonchev–Trinajstić information content (AvgIpc) is 2.51. The molecule has 1 aromatic heterocycles. The Balaban J connectivity index is 2.64. The lowest BCUT2D eigenvalue weighted by atomic mass is 10.1. The molecule has 4 nitrogen and oxygen atoms in total. The highest BCUT2D eigenvalue weighted by Crippen LogP contribution is 2.26. The third-order valence-corrected chi connectivity index (χ3v) is 3.05. The van der Waals surface area contributed by atoms with Gasteiger partial charge < -0.3 is 4.42 Å². The number of halogens is 1. The number of hydrogen-bond acceptors (Lipinski definition) is 3. The highest BCUT2D eigenvalue weighted by atomic mass is 79.9. The van der Waals surface area contributed by atoms with Gasteiger partial charge in [-0.05, 0) is 24.6 Å². The second kappa shape index (κ2) is 3.66. The van der Waals surface area contributed by atoms with Gasteiger partial charge in [0.15, 0.2) is 0 Å². The summed E-state index contributed by atoms with van der Waals surface area (Å²) >= 11 is 3.41. The van der Waals surface area contributed by atoms with Crippen molar-refractivity contribution in [2.24, 2.45) is 7.05 Å². The molecule has 2 rings (SSSR count). The van der Waals surface area contributed by atoms with Gasteiger partial charge in [0.1, 0.15) is 0 Å². The molecule has 1 aromatic carbocycles. The van der Waals surface area contributed by atoms with Crippen molar-refractivity contribution in [1.82, 2.24) is 9.78 Å². The van der Waals surface area contributed by atoms with Gasteiger partial charge in [0.25, 0.3) is 0 Å². The number of aromatic nitrogens is 2. The smallest absolute Gasteiger partial charge is 0.388 e. The third-order valence-electron chi connectivity index (χ3n) is 2.19. The quantitative estimate of drug-likeness (QED) is 0.796. The summed E-state index contributed by atoms with van der Waals surface area (Å²) in [7, 11) is 1.56. The lowest BCUT2D eigenvalue weighted by Crippen LogP contribution is -2.09. The van der Waals surface area contributed by atoms with Crippen LogP contribution in [0.4, 0.5) is 0 Å². The van der Waals surface area contributed by atoms with Crippen LogP contribution in [-0.2, 0) is 7.05 Å². The third kappa shape index (κ3) is 1.74. The fourth-order valence-electron chi connectivity index (χ4n) is 1.29. The molecule has 1 heterocycles. The molecule has 0 N–H and O–H groups in total. The van der Waals surface area contributed by atoms with Gasteiger partial charge in [0, 0.05) is 17.1 Å². The predicted octanol–water partition coefficient (Wildman–Crippen LogP) is 2.11. The van der Waals surface area contributed by atoms with Gasteiger partial charge in [0.05, 0.1) is 0 Å². The zero-order valence-corrected chi connectivity index (χ0v) is 9.91. The Hall–Kier alpha value is -1.36. The molecular formula is C10H9BrN2O2. The van der Waals surface area contributed by atoms with Crippen LogP contribution in [0.2, 0.25) is 0 Å². The second-order valence-electron chi connectivity index (χ2n) is 3.21. The maximum absolute atomic E-state index is 11.1. The van der Waals surface area contributed by atoms with E-state index in [4.69, 9.17) is 4.42 Å². The summed E-state index contributed by atoms with van der Waals surface area (Å²) in [5.41, 5.74) is 1.82. The molecule has 0 saturated heterocycles. The van der Waals surface area contributed by atoms with Gasteiger partial charge in [-0.25, -0.2) is 4.79 Å². The van der Waals surface area contributed by atoms with Gasteiger partial charge in [0.2, 0.25) is 5.89 Å². The maximum Gasteiger partial charge on any atom is 0.437 e. The molecule has 0 spiro atoms. The predicted molar refractivity (Wildman–Crippen MR) is 59.6 cm³/mol. The van der Waals surface area contributed by atoms with Gasteiger partial charge in [-0.15, -0.1) is 5.10 Å². The number of rotatable bonds is 1. The highest BCUT2D eigenvalue weighted by Gasteiger charge is 2.11. The summed E-state index contributed by atoms with van der Waals surface area (Å²) in [4.78, 5) is 11.1. The molecular weight excluding hydrogens is 260 g/mol. The van der Waals surface area contributed by atoms with Crippen LogP contribution in [0.15, 0.2) is 31.9 Å². The van der Waals surface area contributed by atoms with Crippen molar-refractivity contribution >= 4 is 15.9 Å². The summed E-state index contributed by atoms with van der Waals surface area (Å²) in [5.74, 6) is -0.106. The molecule has 0 fully saturated rings. The lowest BCUT2D eigenvalue weighted by Gasteiger charge is -2.01. The summed E-state index contributed by atoms with van der Waals surface area (Å²) in [6.45, 7) is 1.94. The first-order valence-electron chi connectivity index (χ1n) is 4.39. The van der Waals surface area contributed by atoms with E-state index in [0.717, 1.165) is 15.6 Å². The van der Waals surface area contributed by atoms with Gasteiger partial charge in [-0.1, -0.05) is 22.0 Å². The number of aryl methyl sites for hydroxylation is 1. The van der Waals surface area contributed by atoms with E-state index in [2.05, 4.69) is 21.0 Å². The van der Waals surface area contributed by atoms with Gasteiger partial charge in [-0.3, -0.25) is 0 Å². The molecule has 5 heteroatoms. The van der Waals surface area contributed by atoms with Crippen LogP contribution in [-0.4, -0.2) is 9.78 Å². The Morgan fingerprint density at radius 2 is 2.20 bits per heavy atom. The molecule has 0 aliphatic rings. The van der Waals surface area contributed by atoms with E-state index < -0.39 is 5.76 Å². The molecule has 0 unspecified atom stereocenters. The van der Waals surface area contributed by atoms with Crippen LogP contribution < -0.4 is 5.76 Å². The van der Waals surface area contributed by atoms with E-state index >= 15 is 0 Å². The summed E-state index contributed by atoms with van der Waals surface area (Å²) in [6.07, 6.45) is 0. The monoisotopic (exact) mass is 268 g/mol. The first kappa shape index (κ1) is 10.2. The lowest BCUT2D eigenvalue weighted by molar-refractivity contribution is 0.505. The van der Waals surface area contributed by atoms with Gasteiger partial charge >= 0.3 is 5.76 Å². The first-order valence-corrected chi connectivity index (χ1v) is 5.18. The van der Waals surface area contributed by atoms with E-state index in [-0.39, 0.29) is 0 Å². The fraction of sp³-hybridized carbons (Fsp3) is 0.200. The Kier molecular flexibility index (Phi) is 2.48. The molecule has 15 heavy (non-hydrogen) atoms. The average molecular weight is 269 g/mol. The standard InChI is InChI=1S/C10H9BrN2O2/c1-6-7(4-3-5-8(6)11)9-12-13(2)10(14)15-9/h3-5H,1-2H3. The first-order chi connectivity index (χ1) is 7.09. The Morgan fingerprint density at radius 3 is 2.80 bits per heavy atom. The summed E-state index contributed by atoms with van der Waals surface area (Å²) < 4.78 is 7.15. The highest BCUT2D eigenvalue weighted by molar-refractivity contribution is 9.10. The van der Waals surface area contributed by atoms with E-state index in [1.165, 1.54) is 4.68 Å². The number of benzene rings is 1. The minimum absolute atomic E-state index is 0.348. The Labute approximate surface area is 94.7 Å². The molecule has 0 saturated carbocycles. The van der Waals surface area contributed by atoms with Crippen LogP contribution in [0, 0.1) is 6.92 Å². The SMILES string of the molecule is Cc1c(Br)cccc1-c1nn(C)c(=O)o1. The van der Waals surface area contributed by atoms with Crippen molar-refractivity contribution in [2.75, 3.05) is 0 Å². The van der Waals surface area contributed by atoms with Crippen molar-refractivity contribution < 1.29 is 4.42 Å². The molecule has 0 radical (unpaired) electrons. The minimum Gasteiger partial charge on any atom is -0.388 e. The molecule has 2 aromatic rings. The van der Waals surface area contributed by atoms with E-state index in [1.54, 1.807) is 7.05 Å². The van der Waals surface area contributed by atoms with Crippen molar-refractivity contribution in [1.29, 1.82) is 0 Å². The minimum atomic E-state index is -0.454. The fourth-order valence-corrected chi connectivity index (χ4v) is 1.66. The maximum atomic E-state index is 11.1. The zero-order valence-electron chi connectivity index (χ0n) is 8.32. The molecule has 0 aliphatic carbocycles. The van der Waals surface area contributed by atoms with Crippen molar-refractivity contribution in [3.8, 4) is 11.5 Å². The second-order valence-corrected chi connectivity index (χ2v) is 4.06. The van der Waals surface area contributed by atoms with Gasteiger partial charge in [-0.2, -0.15) is 4.68 Å². The van der Waals surface area contributed by atoms with Crippen LogP contribution in [0.5, 0.6) is 0 Å². The van der Waals surface area contributed by atoms with Crippen molar-refractivity contribution in [3.05, 3.63) is 38.8 Å². The summed E-state index contributed by atoms with van der Waals surface area (Å²) in [6, 6.07) is 5.67. The van der Waals surface area contributed by atoms with Crippen LogP contribution in [0.25, 0.3) is 11.5 Å². The Morgan fingerprint density at radius 1 is 1.47 bits per heavy atom. The topological polar surface area (TPSA) is 48.0 Å². The van der Waals surface area contributed by atoms with E-state index in [0.29, 0.717) is 5.89 Å².